The van der Waals surface area contributed by atoms with Gasteiger partial charge in [-0.05, 0) is 24.5 Å². The number of nitrogens with one attached hydrogen (secondary N) is 1. The Morgan fingerprint density at radius 2 is 1.84 bits per heavy atom. The van der Waals surface area contributed by atoms with Crippen LogP contribution in [-0.2, 0) is 6.42 Å². The summed E-state index contributed by atoms with van der Waals surface area (Å²) in [6, 6.07) is 6.26. The number of aromatic nitrogens is 1. The van der Waals surface area contributed by atoms with Gasteiger partial charge in [0, 0.05) is 11.6 Å². The molecule has 0 radical (unpaired) electrons. The van der Waals surface area contributed by atoms with Crippen LogP contribution in [0.25, 0.3) is 10.9 Å². The van der Waals surface area contributed by atoms with Crippen LogP contribution >= 0.6 is 0 Å². The summed E-state index contributed by atoms with van der Waals surface area (Å²) >= 11 is 0. The van der Waals surface area contributed by atoms with Gasteiger partial charge in [0.15, 0.2) is 0 Å². The molecule has 1 aromatic carbocycles. The highest BCUT2D eigenvalue weighted by Gasteiger charge is 2.07. The molecule has 0 atom stereocenters. The second kappa shape index (κ2) is 7.22. The van der Waals surface area contributed by atoms with Crippen LogP contribution in [-0.4, -0.2) is 12.1 Å². The van der Waals surface area contributed by atoms with E-state index in [2.05, 4.69) is 30.2 Å². The zero-order chi connectivity index (χ0) is 13.5. The summed E-state index contributed by atoms with van der Waals surface area (Å²) in [6.45, 7) is 2.26. The number of hydrogen-bond donors (Lipinski definition) is 1. The van der Waals surface area contributed by atoms with Crippen LogP contribution in [0, 0.1) is 0 Å². The summed E-state index contributed by atoms with van der Waals surface area (Å²) in [5, 5.41) is 1.31. The monoisotopic (exact) mass is 259 g/mol. The van der Waals surface area contributed by atoms with Gasteiger partial charge in [-0.25, -0.2) is 0 Å². The number of para-hydroxylation sites is 1. The molecule has 2 aromatic rings. The number of hydrogen-bond acceptors (Lipinski definition) is 1. The van der Waals surface area contributed by atoms with Crippen molar-refractivity contribution in [2.45, 2.75) is 51.9 Å². The predicted molar refractivity (Wildman–Crippen MR) is 81.9 cm³/mol. The predicted octanol–water partition coefficient (Wildman–Crippen LogP) is 5.08. The third-order valence-corrected chi connectivity index (χ3v) is 3.78. The molecular weight excluding hydrogens is 234 g/mol. The summed E-state index contributed by atoms with van der Waals surface area (Å²) < 4.78 is 5.38. The molecule has 0 saturated carbocycles. The average molecular weight is 259 g/mol. The maximum absolute atomic E-state index is 5.38. The van der Waals surface area contributed by atoms with Gasteiger partial charge >= 0.3 is 0 Å². The quantitative estimate of drug-likeness (QED) is 0.657. The van der Waals surface area contributed by atoms with Crippen molar-refractivity contribution in [1.29, 1.82) is 0 Å². The number of aryl methyl sites for hydroxylation is 1. The number of H-pyrrole nitrogens is 1. The molecule has 1 N–H and O–H groups in total. The lowest BCUT2D eigenvalue weighted by atomic mass is 10.0. The average Bonchev–Trinajstić information content (AvgIpc) is 2.86. The Morgan fingerprint density at radius 1 is 1.05 bits per heavy atom. The van der Waals surface area contributed by atoms with Crippen molar-refractivity contribution in [1.82, 2.24) is 4.98 Å². The van der Waals surface area contributed by atoms with E-state index in [0.717, 1.165) is 11.3 Å². The fourth-order valence-corrected chi connectivity index (χ4v) is 2.66. The minimum Gasteiger partial charge on any atom is -0.495 e. The van der Waals surface area contributed by atoms with Crippen molar-refractivity contribution >= 4 is 10.9 Å². The zero-order valence-corrected chi connectivity index (χ0v) is 12.2. The lowest BCUT2D eigenvalue weighted by Gasteiger charge is -2.03. The Kier molecular flexibility index (Phi) is 5.31. The van der Waals surface area contributed by atoms with Crippen molar-refractivity contribution in [3.05, 3.63) is 30.0 Å². The maximum Gasteiger partial charge on any atom is 0.142 e. The van der Waals surface area contributed by atoms with Crippen molar-refractivity contribution in [3.8, 4) is 5.75 Å². The lowest BCUT2D eigenvalue weighted by Crippen LogP contribution is -1.86. The van der Waals surface area contributed by atoms with Gasteiger partial charge in [-0.3, -0.25) is 0 Å². The first-order valence-corrected chi connectivity index (χ1v) is 7.49. The van der Waals surface area contributed by atoms with Crippen molar-refractivity contribution < 1.29 is 4.74 Å². The largest absolute Gasteiger partial charge is 0.495 e. The number of unbranched alkanes of at least 4 members (excludes halogenated alkanes) is 5. The molecule has 0 bridgehead atoms. The van der Waals surface area contributed by atoms with Crippen LogP contribution in [0.3, 0.4) is 0 Å². The van der Waals surface area contributed by atoms with Gasteiger partial charge < -0.3 is 9.72 Å². The molecule has 0 fully saturated rings. The van der Waals surface area contributed by atoms with E-state index in [-0.39, 0.29) is 0 Å². The Balaban J connectivity index is 1.91. The second-order valence-corrected chi connectivity index (χ2v) is 5.21. The van der Waals surface area contributed by atoms with E-state index in [9.17, 15) is 0 Å². The molecule has 0 amide bonds. The number of methoxy groups -OCH3 is 1. The highest BCUT2D eigenvalue weighted by molar-refractivity contribution is 5.88. The van der Waals surface area contributed by atoms with Gasteiger partial charge in [0.1, 0.15) is 5.75 Å². The van der Waals surface area contributed by atoms with Gasteiger partial charge in [-0.1, -0.05) is 51.2 Å². The molecule has 0 unspecified atom stereocenters. The molecule has 0 aliphatic carbocycles. The topological polar surface area (TPSA) is 25.0 Å². The SMILES string of the molecule is CCCCCCCCc1c[nH]c2c(OC)cccc12. The number of rotatable bonds is 8. The van der Waals surface area contributed by atoms with E-state index in [1.54, 1.807) is 7.11 Å². The first-order valence-electron chi connectivity index (χ1n) is 7.49. The summed E-state index contributed by atoms with van der Waals surface area (Å²) in [5.41, 5.74) is 2.55. The molecular formula is C17H25NO. The second-order valence-electron chi connectivity index (χ2n) is 5.21. The van der Waals surface area contributed by atoms with Gasteiger partial charge in [0.2, 0.25) is 0 Å². The van der Waals surface area contributed by atoms with E-state index in [1.807, 2.05) is 6.07 Å². The molecule has 1 heterocycles. The summed E-state index contributed by atoms with van der Waals surface area (Å²) in [6.07, 6.45) is 11.4. The first kappa shape index (κ1) is 14.0. The van der Waals surface area contributed by atoms with E-state index in [0.29, 0.717) is 0 Å². The molecule has 2 heteroatoms. The van der Waals surface area contributed by atoms with E-state index < -0.39 is 0 Å². The molecule has 0 spiro atoms. The van der Waals surface area contributed by atoms with Crippen LogP contribution in [0.2, 0.25) is 0 Å². The lowest BCUT2D eigenvalue weighted by molar-refractivity contribution is 0.419. The number of benzene rings is 1. The summed E-state index contributed by atoms with van der Waals surface area (Å²) in [5.74, 6) is 0.937. The highest BCUT2D eigenvalue weighted by atomic mass is 16.5. The molecule has 0 aliphatic heterocycles. The van der Waals surface area contributed by atoms with E-state index in [1.165, 1.54) is 55.9 Å². The molecule has 19 heavy (non-hydrogen) atoms. The van der Waals surface area contributed by atoms with Crippen molar-refractivity contribution in [3.63, 3.8) is 0 Å². The Bertz CT molecular complexity index is 501. The Hall–Kier alpha value is -1.44. The fourth-order valence-electron chi connectivity index (χ4n) is 2.66. The van der Waals surface area contributed by atoms with Gasteiger partial charge in [-0.2, -0.15) is 0 Å². The van der Waals surface area contributed by atoms with E-state index >= 15 is 0 Å². The summed E-state index contributed by atoms with van der Waals surface area (Å²) in [7, 11) is 1.73. The van der Waals surface area contributed by atoms with Crippen molar-refractivity contribution in [2.75, 3.05) is 7.11 Å². The Morgan fingerprint density at radius 3 is 2.63 bits per heavy atom. The molecule has 0 saturated heterocycles. The fraction of sp³-hybridized carbons (Fsp3) is 0.529. The van der Waals surface area contributed by atoms with Gasteiger partial charge in [0.05, 0.1) is 12.6 Å². The van der Waals surface area contributed by atoms with Crippen LogP contribution in [0.1, 0.15) is 51.0 Å². The first-order chi connectivity index (χ1) is 9.36. The third-order valence-electron chi connectivity index (χ3n) is 3.78. The van der Waals surface area contributed by atoms with Crippen LogP contribution < -0.4 is 4.74 Å². The minimum atomic E-state index is 0.937. The van der Waals surface area contributed by atoms with Gasteiger partial charge in [-0.15, -0.1) is 0 Å². The molecule has 1 aromatic heterocycles. The third kappa shape index (κ3) is 3.52. The van der Waals surface area contributed by atoms with E-state index in [4.69, 9.17) is 4.74 Å². The number of fused-ring (bicyclic) bond motifs is 1. The Labute approximate surface area is 116 Å². The van der Waals surface area contributed by atoms with Crippen LogP contribution in [0.15, 0.2) is 24.4 Å². The van der Waals surface area contributed by atoms with Crippen LogP contribution in [0.4, 0.5) is 0 Å². The molecule has 2 nitrogen and oxygen atoms in total. The van der Waals surface area contributed by atoms with Crippen LogP contribution in [0.5, 0.6) is 5.75 Å². The molecule has 0 aliphatic rings. The number of aromatic amines is 1. The van der Waals surface area contributed by atoms with Crippen molar-refractivity contribution in [2.24, 2.45) is 0 Å². The maximum atomic E-state index is 5.38. The van der Waals surface area contributed by atoms with Gasteiger partial charge in [0.25, 0.3) is 0 Å². The minimum absolute atomic E-state index is 0.937. The highest BCUT2D eigenvalue weighted by Crippen LogP contribution is 2.27. The smallest absolute Gasteiger partial charge is 0.142 e. The molecule has 104 valence electrons. The zero-order valence-electron chi connectivity index (χ0n) is 12.2. The summed E-state index contributed by atoms with van der Waals surface area (Å²) in [4.78, 5) is 3.34. The molecule has 2 rings (SSSR count). The standard InChI is InChI=1S/C17H25NO/c1-3-4-5-6-7-8-10-14-13-18-17-15(14)11-9-12-16(17)19-2/h9,11-13,18H,3-8,10H2,1-2H3. The number of ether oxygens (including phenoxy) is 1. The normalized spacial score (nSPS) is 11.1.